The van der Waals surface area contributed by atoms with E-state index in [0.717, 1.165) is 22.3 Å². The van der Waals surface area contributed by atoms with Gasteiger partial charge in [-0.2, -0.15) is 0 Å². The van der Waals surface area contributed by atoms with Gasteiger partial charge in [0.05, 0.1) is 18.1 Å². The number of rotatable bonds is 4. The van der Waals surface area contributed by atoms with E-state index in [4.69, 9.17) is 4.42 Å². The molecule has 0 radical (unpaired) electrons. The average molecular weight is 356 g/mol. The number of hydrogen-bond acceptors (Lipinski definition) is 4. The van der Waals surface area contributed by atoms with E-state index in [2.05, 4.69) is 10.3 Å². The highest BCUT2D eigenvalue weighted by Gasteiger charge is 2.13. The monoisotopic (exact) mass is 356 g/mol. The highest BCUT2D eigenvalue weighted by Crippen LogP contribution is 2.27. The maximum Gasteiger partial charge on any atom is 0.259 e. The van der Waals surface area contributed by atoms with E-state index >= 15 is 0 Å². The molecule has 0 saturated heterocycles. The molecule has 0 unspecified atom stereocenters. The van der Waals surface area contributed by atoms with E-state index in [-0.39, 0.29) is 17.2 Å². The number of phenols is 1. The number of benzene rings is 2. The first-order valence-corrected chi connectivity index (χ1v) is 8.38. The number of nitrogens with zero attached hydrogens (tertiary/aromatic N) is 1. The van der Waals surface area contributed by atoms with Crippen LogP contribution in [-0.4, -0.2) is 16.0 Å². The molecule has 2 aromatic heterocycles. The summed E-state index contributed by atoms with van der Waals surface area (Å²) in [6.07, 6.45) is 6.64. The minimum absolute atomic E-state index is 0.0777. The van der Waals surface area contributed by atoms with Crippen molar-refractivity contribution in [1.82, 2.24) is 4.98 Å². The molecular weight excluding hydrogens is 340 g/mol. The Bertz CT molecular complexity index is 1070. The number of aromatic hydroxyl groups is 1. The van der Waals surface area contributed by atoms with Crippen LogP contribution in [0.4, 0.5) is 5.69 Å². The summed E-state index contributed by atoms with van der Waals surface area (Å²) in [4.78, 5) is 16.8. The summed E-state index contributed by atoms with van der Waals surface area (Å²) in [5.41, 5.74) is 4.35. The number of furan rings is 1. The molecule has 0 spiro atoms. The predicted molar refractivity (Wildman–Crippen MR) is 103 cm³/mol. The van der Waals surface area contributed by atoms with Crippen molar-refractivity contribution >= 4 is 11.6 Å². The Hall–Kier alpha value is -3.86. The topological polar surface area (TPSA) is 75.4 Å². The maximum atomic E-state index is 12.7. The third kappa shape index (κ3) is 3.57. The molecule has 0 aliphatic carbocycles. The molecule has 0 bridgehead atoms. The van der Waals surface area contributed by atoms with Crippen molar-refractivity contribution in [2.45, 2.75) is 0 Å². The maximum absolute atomic E-state index is 12.7. The van der Waals surface area contributed by atoms with E-state index in [1.165, 1.54) is 6.07 Å². The highest BCUT2D eigenvalue weighted by atomic mass is 16.3. The van der Waals surface area contributed by atoms with Crippen LogP contribution in [0.1, 0.15) is 10.4 Å². The standard InChI is InChI=1S/C22H16N2O3/c25-21-7-6-16(17-4-2-9-23-13-17)12-20(21)22(26)24-19-5-1-3-15(11-19)18-8-10-27-14-18/h1-14,25H,(H,24,26). The van der Waals surface area contributed by atoms with E-state index < -0.39 is 0 Å². The smallest absolute Gasteiger partial charge is 0.259 e. The molecule has 2 N–H and O–H groups in total. The van der Waals surface area contributed by atoms with Crippen LogP contribution in [0.2, 0.25) is 0 Å². The second-order valence-electron chi connectivity index (χ2n) is 6.02. The summed E-state index contributed by atoms with van der Waals surface area (Å²) < 4.78 is 5.10. The SMILES string of the molecule is O=C(Nc1cccc(-c2ccoc2)c1)c1cc(-c2cccnc2)ccc1O. The van der Waals surface area contributed by atoms with Crippen molar-refractivity contribution in [3.05, 3.63) is 91.1 Å². The van der Waals surface area contributed by atoms with Gasteiger partial charge in [0, 0.05) is 29.2 Å². The quantitative estimate of drug-likeness (QED) is 0.541. The molecule has 2 heterocycles. The first-order chi connectivity index (χ1) is 13.2. The minimum atomic E-state index is -0.386. The van der Waals surface area contributed by atoms with Gasteiger partial charge in [0.2, 0.25) is 0 Å². The zero-order valence-electron chi connectivity index (χ0n) is 14.3. The van der Waals surface area contributed by atoms with Gasteiger partial charge in [-0.1, -0.05) is 24.3 Å². The van der Waals surface area contributed by atoms with Crippen molar-refractivity contribution in [2.24, 2.45) is 0 Å². The van der Waals surface area contributed by atoms with Crippen LogP contribution >= 0.6 is 0 Å². The zero-order valence-corrected chi connectivity index (χ0v) is 14.3. The lowest BCUT2D eigenvalue weighted by molar-refractivity contribution is 0.102. The molecule has 0 saturated carbocycles. The fourth-order valence-corrected chi connectivity index (χ4v) is 2.83. The fourth-order valence-electron chi connectivity index (χ4n) is 2.83. The Balaban J connectivity index is 1.61. The van der Waals surface area contributed by atoms with Gasteiger partial charge >= 0.3 is 0 Å². The third-order valence-corrected chi connectivity index (χ3v) is 4.21. The molecule has 0 aliphatic rings. The van der Waals surface area contributed by atoms with Crippen molar-refractivity contribution in [2.75, 3.05) is 5.32 Å². The summed E-state index contributed by atoms with van der Waals surface area (Å²) in [5, 5.41) is 13.0. The lowest BCUT2D eigenvalue weighted by Gasteiger charge is -2.10. The summed E-state index contributed by atoms with van der Waals surface area (Å²) in [6, 6.07) is 17.9. The number of carbonyl (C=O) groups is 1. The van der Waals surface area contributed by atoms with Crippen molar-refractivity contribution in [3.8, 4) is 28.0 Å². The van der Waals surface area contributed by atoms with Gasteiger partial charge in [-0.3, -0.25) is 9.78 Å². The number of carbonyl (C=O) groups excluding carboxylic acids is 1. The van der Waals surface area contributed by atoms with Crippen LogP contribution in [0.3, 0.4) is 0 Å². The van der Waals surface area contributed by atoms with Crippen molar-refractivity contribution < 1.29 is 14.3 Å². The Kier molecular flexibility index (Phi) is 4.41. The molecule has 0 fully saturated rings. The van der Waals surface area contributed by atoms with E-state index in [0.29, 0.717) is 5.69 Å². The van der Waals surface area contributed by atoms with Crippen LogP contribution in [-0.2, 0) is 0 Å². The molecule has 4 rings (SSSR count). The van der Waals surface area contributed by atoms with Crippen LogP contribution < -0.4 is 5.32 Å². The minimum Gasteiger partial charge on any atom is -0.507 e. The summed E-state index contributed by atoms with van der Waals surface area (Å²) in [7, 11) is 0. The van der Waals surface area contributed by atoms with Gasteiger partial charge in [-0.05, 0) is 47.5 Å². The first-order valence-electron chi connectivity index (χ1n) is 8.38. The largest absolute Gasteiger partial charge is 0.507 e. The van der Waals surface area contributed by atoms with E-state index in [9.17, 15) is 9.90 Å². The lowest BCUT2D eigenvalue weighted by Crippen LogP contribution is -2.12. The normalized spacial score (nSPS) is 10.5. The van der Waals surface area contributed by atoms with Crippen molar-refractivity contribution in [1.29, 1.82) is 0 Å². The molecular formula is C22H16N2O3. The molecule has 2 aromatic carbocycles. The molecule has 5 heteroatoms. The van der Waals surface area contributed by atoms with Crippen LogP contribution in [0.25, 0.3) is 22.3 Å². The van der Waals surface area contributed by atoms with Gasteiger partial charge < -0.3 is 14.8 Å². The Morgan fingerprint density at radius 3 is 2.56 bits per heavy atom. The molecule has 132 valence electrons. The third-order valence-electron chi connectivity index (χ3n) is 4.21. The van der Waals surface area contributed by atoms with Crippen LogP contribution in [0.15, 0.2) is 90.0 Å². The van der Waals surface area contributed by atoms with E-state index in [1.54, 1.807) is 43.1 Å². The van der Waals surface area contributed by atoms with Gasteiger partial charge in [0.1, 0.15) is 5.75 Å². The van der Waals surface area contributed by atoms with Gasteiger partial charge in [0.15, 0.2) is 0 Å². The Morgan fingerprint density at radius 1 is 0.926 bits per heavy atom. The number of anilines is 1. The number of hydrogen-bond donors (Lipinski definition) is 2. The highest BCUT2D eigenvalue weighted by molar-refractivity contribution is 6.07. The summed E-state index contributed by atoms with van der Waals surface area (Å²) in [5.74, 6) is -0.464. The van der Waals surface area contributed by atoms with Crippen LogP contribution in [0.5, 0.6) is 5.75 Å². The summed E-state index contributed by atoms with van der Waals surface area (Å²) in [6.45, 7) is 0. The number of aromatic nitrogens is 1. The van der Waals surface area contributed by atoms with Gasteiger partial charge in [0.25, 0.3) is 5.91 Å². The van der Waals surface area contributed by atoms with Crippen molar-refractivity contribution in [3.63, 3.8) is 0 Å². The number of phenolic OH excluding ortho intramolecular Hbond substituents is 1. The molecule has 0 atom stereocenters. The molecule has 1 amide bonds. The molecule has 27 heavy (non-hydrogen) atoms. The molecule has 5 nitrogen and oxygen atoms in total. The Morgan fingerprint density at radius 2 is 1.78 bits per heavy atom. The second-order valence-corrected chi connectivity index (χ2v) is 6.02. The molecule has 4 aromatic rings. The lowest BCUT2D eigenvalue weighted by atomic mass is 10.0. The summed E-state index contributed by atoms with van der Waals surface area (Å²) >= 11 is 0. The number of nitrogens with one attached hydrogen (secondary N) is 1. The number of pyridine rings is 1. The van der Waals surface area contributed by atoms with Crippen LogP contribution in [0, 0.1) is 0 Å². The zero-order chi connectivity index (χ0) is 18.6. The first kappa shape index (κ1) is 16.6. The Labute approximate surface area is 155 Å². The second kappa shape index (κ2) is 7.17. The fraction of sp³-hybridized carbons (Fsp3) is 0. The number of amides is 1. The molecule has 0 aliphatic heterocycles. The van der Waals surface area contributed by atoms with Gasteiger partial charge in [-0.15, -0.1) is 0 Å². The van der Waals surface area contributed by atoms with E-state index in [1.807, 2.05) is 36.4 Å². The average Bonchev–Trinajstić information content (AvgIpc) is 3.24. The van der Waals surface area contributed by atoms with Gasteiger partial charge in [-0.25, -0.2) is 0 Å². The predicted octanol–water partition coefficient (Wildman–Crippen LogP) is 4.97.